The first kappa shape index (κ1) is 18.5. The van der Waals surface area contributed by atoms with Crippen molar-refractivity contribution >= 4 is 48.4 Å². The van der Waals surface area contributed by atoms with Crippen molar-refractivity contribution in [2.75, 3.05) is 5.73 Å². The molecule has 3 aromatic rings. The highest BCUT2D eigenvalue weighted by atomic mass is 35.5. The van der Waals surface area contributed by atoms with E-state index >= 15 is 0 Å². The third kappa shape index (κ3) is 3.50. The minimum atomic E-state index is -1.51. The number of rotatable bonds is 4. The van der Waals surface area contributed by atoms with Crippen LogP contribution in [0.1, 0.15) is 11.7 Å². The Morgan fingerprint density at radius 2 is 2.04 bits per heavy atom. The number of fused-ring (bicyclic) bond motifs is 3. The molecule has 1 aliphatic heterocycles. The lowest BCUT2D eigenvalue weighted by molar-refractivity contribution is 0.457. The fourth-order valence-electron chi connectivity index (χ4n) is 2.99. The Hall–Kier alpha value is -1.87. The monoisotopic (exact) mass is 416 g/mol. The zero-order chi connectivity index (χ0) is 19.2. The predicted molar refractivity (Wildman–Crippen MR) is 114 cm³/mol. The van der Waals surface area contributed by atoms with Gasteiger partial charge in [0.05, 0.1) is 8.07 Å². The molecule has 6 nitrogen and oxygen atoms in total. The highest BCUT2D eigenvalue weighted by Gasteiger charge is 2.31. The lowest BCUT2D eigenvalue weighted by Crippen LogP contribution is -2.32. The molecule has 3 N–H and O–H groups in total. The van der Waals surface area contributed by atoms with Crippen LogP contribution in [0.3, 0.4) is 0 Å². The molecule has 0 unspecified atom stereocenters. The molecule has 2 aromatic heterocycles. The molecule has 4 rings (SSSR count). The van der Waals surface area contributed by atoms with Crippen molar-refractivity contribution in [3.63, 3.8) is 0 Å². The second kappa shape index (κ2) is 6.94. The number of anilines is 1. The number of nitrogens with zero attached hydrogens (tertiary/aromatic N) is 4. The van der Waals surface area contributed by atoms with E-state index in [9.17, 15) is 0 Å². The number of aromatic nitrogens is 4. The maximum atomic E-state index is 6.33. The van der Waals surface area contributed by atoms with Gasteiger partial charge in [0.25, 0.3) is 0 Å². The number of nitrogens with one attached hydrogen (secondary N) is 1. The van der Waals surface area contributed by atoms with Crippen LogP contribution >= 0.6 is 23.4 Å². The minimum Gasteiger partial charge on any atom is -0.382 e. The molecule has 1 atom stereocenters. The molecule has 27 heavy (non-hydrogen) atoms. The van der Waals surface area contributed by atoms with Gasteiger partial charge in [-0.3, -0.25) is 9.88 Å². The van der Waals surface area contributed by atoms with Crippen molar-refractivity contribution in [1.29, 1.82) is 0 Å². The standard InChI is InChI=1S/C18H21ClN6SSi/c1-27(2,3)14-8-13(21-9-11-6-4-5-7-12(11)19)25-17-15(24-18(25)26-14)16(20)22-10-23-17/h4-8,10,13,21H,9H2,1-3H3,(H2,20,22,23)/t13-/m1/s1. The van der Waals surface area contributed by atoms with Gasteiger partial charge in [-0.1, -0.05) is 61.2 Å². The van der Waals surface area contributed by atoms with Crippen LogP contribution in [-0.4, -0.2) is 27.6 Å². The van der Waals surface area contributed by atoms with Crippen LogP contribution in [0.2, 0.25) is 24.7 Å². The summed E-state index contributed by atoms with van der Waals surface area (Å²) in [4.78, 5) is 13.3. The van der Waals surface area contributed by atoms with Crippen molar-refractivity contribution in [3.8, 4) is 0 Å². The van der Waals surface area contributed by atoms with Gasteiger partial charge in [0, 0.05) is 11.6 Å². The van der Waals surface area contributed by atoms with Gasteiger partial charge in [-0.2, -0.15) is 0 Å². The van der Waals surface area contributed by atoms with Gasteiger partial charge in [-0.25, -0.2) is 15.0 Å². The molecule has 9 heteroatoms. The number of nitrogen functional groups attached to an aromatic ring is 1. The van der Waals surface area contributed by atoms with Crippen molar-refractivity contribution in [3.05, 3.63) is 51.8 Å². The summed E-state index contributed by atoms with van der Waals surface area (Å²) in [5.74, 6) is 0.405. The molecule has 0 amide bonds. The van der Waals surface area contributed by atoms with E-state index in [1.807, 2.05) is 24.3 Å². The van der Waals surface area contributed by atoms with E-state index in [1.165, 1.54) is 10.9 Å². The van der Waals surface area contributed by atoms with E-state index in [-0.39, 0.29) is 6.17 Å². The summed E-state index contributed by atoms with van der Waals surface area (Å²) < 4.78 is 3.48. The van der Waals surface area contributed by atoms with E-state index in [2.05, 4.69) is 45.6 Å². The zero-order valence-electron chi connectivity index (χ0n) is 15.4. The highest BCUT2D eigenvalue weighted by Crippen LogP contribution is 2.41. The second-order valence-corrected chi connectivity index (χ2v) is 14.3. The van der Waals surface area contributed by atoms with Crippen LogP contribution in [-0.2, 0) is 6.54 Å². The van der Waals surface area contributed by atoms with Gasteiger partial charge in [0.2, 0.25) is 0 Å². The number of hydrogen-bond donors (Lipinski definition) is 2. The number of nitrogens with two attached hydrogens (primary N) is 1. The van der Waals surface area contributed by atoms with Crippen LogP contribution < -0.4 is 11.1 Å². The van der Waals surface area contributed by atoms with Crippen molar-refractivity contribution < 1.29 is 0 Å². The molecule has 1 aromatic carbocycles. The Kier molecular flexibility index (Phi) is 4.75. The van der Waals surface area contributed by atoms with Crippen LogP contribution in [0.25, 0.3) is 11.2 Å². The molecule has 3 heterocycles. The molecule has 0 aliphatic carbocycles. The smallest absolute Gasteiger partial charge is 0.176 e. The lowest BCUT2D eigenvalue weighted by atomic mass is 10.2. The van der Waals surface area contributed by atoms with Gasteiger partial charge in [-0.15, -0.1) is 0 Å². The summed E-state index contributed by atoms with van der Waals surface area (Å²) in [7, 11) is -1.51. The largest absolute Gasteiger partial charge is 0.382 e. The van der Waals surface area contributed by atoms with Gasteiger partial charge in [0.15, 0.2) is 22.1 Å². The average Bonchev–Trinajstić information content (AvgIpc) is 3.00. The summed E-state index contributed by atoms with van der Waals surface area (Å²) in [6.07, 6.45) is 3.71. The van der Waals surface area contributed by atoms with Crippen molar-refractivity contribution in [2.24, 2.45) is 0 Å². The van der Waals surface area contributed by atoms with Crippen LogP contribution in [0, 0.1) is 0 Å². The predicted octanol–water partition coefficient (Wildman–Crippen LogP) is 4.22. The van der Waals surface area contributed by atoms with Gasteiger partial charge in [0.1, 0.15) is 12.5 Å². The fraction of sp³-hybridized carbons (Fsp3) is 0.278. The number of halogens is 1. The number of benzene rings is 1. The summed E-state index contributed by atoms with van der Waals surface area (Å²) in [5, 5.41) is 5.26. The third-order valence-corrected chi connectivity index (χ3v) is 9.44. The molecular weight excluding hydrogens is 396 g/mol. The molecule has 0 saturated carbocycles. The maximum absolute atomic E-state index is 6.33. The highest BCUT2D eigenvalue weighted by molar-refractivity contribution is 8.05. The van der Waals surface area contributed by atoms with Gasteiger partial charge < -0.3 is 5.73 Å². The van der Waals surface area contributed by atoms with E-state index in [1.54, 1.807) is 11.8 Å². The van der Waals surface area contributed by atoms with Gasteiger partial charge in [-0.05, 0) is 22.2 Å². The molecule has 0 bridgehead atoms. The van der Waals surface area contributed by atoms with Crippen LogP contribution in [0.4, 0.5) is 5.82 Å². The first-order valence-corrected chi connectivity index (χ1v) is 13.4. The van der Waals surface area contributed by atoms with Gasteiger partial charge >= 0.3 is 0 Å². The molecule has 0 spiro atoms. The summed E-state index contributed by atoms with van der Waals surface area (Å²) in [5.41, 5.74) is 8.48. The number of imidazole rings is 1. The summed E-state index contributed by atoms with van der Waals surface area (Å²) in [6, 6.07) is 7.87. The Morgan fingerprint density at radius 3 is 2.78 bits per heavy atom. The second-order valence-electron chi connectivity index (χ2n) is 7.50. The molecule has 0 saturated heterocycles. The first-order chi connectivity index (χ1) is 12.8. The summed E-state index contributed by atoms with van der Waals surface area (Å²) >= 11 is 8.04. The SMILES string of the molecule is C[Si](C)(C)C1=C[C@H](NCc2ccccc2Cl)n2c(nc3c(N)ncnc32)S1. The van der Waals surface area contributed by atoms with E-state index in [0.717, 1.165) is 21.4 Å². The van der Waals surface area contributed by atoms with E-state index in [0.29, 0.717) is 17.9 Å². The molecule has 0 radical (unpaired) electrons. The number of thioether (sulfide) groups is 1. The quantitative estimate of drug-likeness (QED) is 0.619. The Labute approximate surface area is 168 Å². The topological polar surface area (TPSA) is 81.7 Å². The normalized spacial score (nSPS) is 17.0. The minimum absolute atomic E-state index is 0.0708. The summed E-state index contributed by atoms with van der Waals surface area (Å²) in [6.45, 7) is 7.65. The number of hydrogen-bond acceptors (Lipinski definition) is 6. The molecular formula is C18H21ClN6SSi. The van der Waals surface area contributed by atoms with Crippen molar-refractivity contribution in [2.45, 2.75) is 37.5 Å². The lowest BCUT2D eigenvalue weighted by Gasteiger charge is -2.29. The maximum Gasteiger partial charge on any atom is 0.176 e. The molecule has 1 aliphatic rings. The van der Waals surface area contributed by atoms with Crippen LogP contribution in [0.5, 0.6) is 0 Å². The molecule has 140 valence electrons. The van der Waals surface area contributed by atoms with E-state index < -0.39 is 8.07 Å². The average molecular weight is 417 g/mol. The Bertz CT molecular complexity index is 1040. The third-order valence-electron chi connectivity index (χ3n) is 4.46. The Morgan fingerprint density at radius 1 is 1.26 bits per heavy atom. The zero-order valence-corrected chi connectivity index (χ0v) is 18.0. The molecule has 0 fully saturated rings. The first-order valence-electron chi connectivity index (χ1n) is 8.70. The van der Waals surface area contributed by atoms with E-state index in [4.69, 9.17) is 22.3 Å². The van der Waals surface area contributed by atoms with Crippen molar-refractivity contribution in [1.82, 2.24) is 24.8 Å². The van der Waals surface area contributed by atoms with Crippen LogP contribution in [0.15, 0.2) is 46.4 Å². The Balaban J connectivity index is 1.76. The fourth-order valence-corrected chi connectivity index (χ4v) is 6.18.